The van der Waals surface area contributed by atoms with Crippen LogP contribution in [0.25, 0.3) is 0 Å². The number of amides is 4. The second-order valence-corrected chi connectivity index (χ2v) is 7.02. The van der Waals surface area contributed by atoms with Crippen LogP contribution in [0, 0.1) is 0 Å². The number of rotatable bonds is 7. The van der Waals surface area contributed by atoms with Crippen LogP contribution in [0.5, 0.6) is 0 Å². The van der Waals surface area contributed by atoms with Crippen molar-refractivity contribution in [1.82, 2.24) is 15.5 Å². The van der Waals surface area contributed by atoms with Gasteiger partial charge in [-0.25, -0.2) is 9.59 Å². The fourth-order valence-corrected chi connectivity index (χ4v) is 2.98. The molecule has 30 heavy (non-hydrogen) atoms. The zero-order valence-corrected chi connectivity index (χ0v) is 16.8. The number of hydrogen-bond donors (Lipinski definition) is 2. The number of imide groups is 1. The molecule has 8 heteroatoms. The predicted octanol–water partition coefficient (Wildman–Crippen LogP) is 2.16. The summed E-state index contributed by atoms with van der Waals surface area (Å²) in [6.45, 7) is 3.48. The second kappa shape index (κ2) is 9.21. The van der Waals surface area contributed by atoms with Gasteiger partial charge in [0.15, 0.2) is 6.10 Å². The monoisotopic (exact) mass is 409 g/mol. The molecule has 1 heterocycles. The zero-order valence-electron chi connectivity index (χ0n) is 16.8. The Morgan fingerprint density at radius 1 is 1.07 bits per heavy atom. The van der Waals surface area contributed by atoms with Crippen molar-refractivity contribution in [2.24, 2.45) is 0 Å². The lowest BCUT2D eigenvalue weighted by Crippen LogP contribution is -2.37. The molecule has 1 saturated heterocycles. The molecule has 2 N–H and O–H groups in total. The lowest BCUT2D eigenvalue weighted by molar-refractivity contribution is -0.129. The summed E-state index contributed by atoms with van der Waals surface area (Å²) < 4.78 is 5.26. The molecule has 4 amide bonds. The maximum Gasteiger partial charge on any atom is 0.338 e. The van der Waals surface area contributed by atoms with Crippen molar-refractivity contribution >= 4 is 23.8 Å². The number of nitrogens with one attached hydrogen (secondary N) is 2. The summed E-state index contributed by atoms with van der Waals surface area (Å²) in [5.74, 6) is -1.32. The number of urea groups is 1. The van der Waals surface area contributed by atoms with E-state index >= 15 is 0 Å². The van der Waals surface area contributed by atoms with Crippen LogP contribution in [0.1, 0.15) is 41.4 Å². The van der Waals surface area contributed by atoms with Crippen molar-refractivity contribution < 1.29 is 23.9 Å². The Bertz CT molecular complexity index is 927. The first-order valence-electron chi connectivity index (χ1n) is 9.58. The first kappa shape index (κ1) is 21.0. The van der Waals surface area contributed by atoms with E-state index in [1.165, 1.54) is 19.1 Å². The molecule has 2 aromatic carbocycles. The fraction of sp³-hybridized carbons (Fsp3) is 0.273. The molecule has 0 aliphatic carbocycles. The minimum Gasteiger partial charge on any atom is -0.449 e. The predicted molar refractivity (Wildman–Crippen MR) is 108 cm³/mol. The maximum absolute atomic E-state index is 12.3. The third kappa shape index (κ3) is 5.02. The van der Waals surface area contributed by atoms with Gasteiger partial charge in [-0.1, -0.05) is 42.5 Å². The lowest BCUT2D eigenvalue weighted by Gasteiger charge is -2.18. The number of hydrogen-bond acceptors (Lipinski definition) is 5. The molecule has 2 atom stereocenters. The second-order valence-electron chi connectivity index (χ2n) is 7.02. The van der Waals surface area contributed by atoms with Gasteiger partial charge in [0.25, 0.3) is 5.91 Å². The van der Waals surface area contributed by atoms with Crippen molar-refractivity contribution in [2.45, 2.75) is 32.5 Å². The van der Waals surface area contributed by atoms with E-state index < -0.39 is 24.0 Å². The van der Waals surface area contributed by atoms with Crippen LogP contribution in [-0.4, -0.2) is 41.4 Å². The van der Waals surface area contributed by atoms with Gasteiger partial charge in [0.2, 0.25) is 5.91 Å². The molecule has 1 fully saturated rings. The van der Waals surface area contributed by atoms with Gasteiger partial charge in [-0.05, 0) is 37.1 Å². The van der Waals surface area contributed by atoms with E-state index in [4.69, 9.17) is 4.74 Å². The van der Waals surface area contributed by atoms with Crippen LogP contribution in [0.15, 0.2) is 54.6 Å². The highest BCUT2D eigenvalue weighted by atomic mass is 16.5. The molecule has 1 aliphatic heterocycles. The van der Waals surface area contributed by atoms with Gasteiger partial charge in [-0.15, -0.1) is 0 Å². The van der Waals surface area contributed by atoms with Crippen LogP contribution in [0.3, 0.4) is 0 Å². The van der Waals surface area contributed by atoms with Crippen molar-refractivity contribution in [2.75, 3.05) is 6.54 Å². The molecule has 0 bridgehead atoms. The van der Waals surface area contributed by atoms with E-state index in [1.807, 2.05) is 37.3 Å². The highest BCUT2D eigenvalue weighted by molar-refractivity contribution is 6.01. The van der Waals surface area contributed by atoms with Gasteiger partial charge in [-0.2, -0.15) is 0 Å². The van der Waals surface area contributed by atoms with Crippen LogP contribution in [0.2, 0.25) is 0 Å². The molecule has 1 aliphatic rings. The normalized spacial score (nSPS) is 15.3. The van der Waals surface area contributed by atoms with E-state index in [0.717, 1.165) is 10.5 Å². The Morgan fingerprint density at radius 2 is 1.73 bits per heavy atom. The summed E-state index contributed by atoms with van der Waals surface area (Å²) in [5.41, 5.74) is 1.91. The van der Waals surface area contributed by atoms with Crippen LogP contribution in [-0.2, 0) is 20.9 Å². The number of ether oxygens (including phenoxy) is 1. The largest absolute Gasteiger partial charge is 0.449 e. The number of carbonyl (C=O) groups excluding carboxylic acids is 4. The molecule has 3 rings (SSSR count). The average molecular weight is 409 g/mol. The molecule has 0 saturated carbocycles. The third-order valence-electron chi connectivity index (χ3n) is 4.78. The highest BCUT2D eigenvalue weighted by Crippen LogP contribution is 2.14. The van der Waals surface area contributed by atoms with Crippen molar-refractivity contribution in [3.05, 3.63) is 71.3 Å². The van der Waals surface area contributed by atoms with Crippen LogP contribution < -0.4 is 10.6 Å². The first-order valence-corrected chi connectivity index (χ1v) is 9.58. The van der Waals surface area contributed by atoms with E-state index in [0.29, 0.717) is 5.56 Å². The van der Waals surface area contributed by atoms with Crippen molar-refractivity contribution in [3.8, 4) is 0 Å². The fourth-order valence-electron chi connectivity index (χ4n) is 2.98. The Morgan fingerprint density at radius 3 is 2.33 bits per heavy atom. The lowest BCUT2D eigenvalue weighted by atomic mass is 10.1. The third-order valence-corrected chi connectivity index (χ3v) is 4.78. The van der Waals surface area contributed by atoms with Gasteiger partial charge in [0.1, 0.15) is 0 Å². The Kier molecular flexibility index (Phi) is 6.46. The van der Waals surface area contributed by atoms with Crippen molar-refractivity contribution in [3.63, 3.8) is 0 Å². The molecule has 156 valence electrons. The molecule has 2 aromatic rings. The zero-order chi connectivity index (χ0) is 21.7. The quantitative estimate of drug-likeness (QED) is 0.539. The van der Waals surface area contributed by atoms with Gasteiger partial charge in [-0.3, -0.25) is 14.5 Å². The summed E-state index contributed by atoms with van der Waals surface area (Å²) >= 11 is 0. The van der Waals surface area contributed by atoms with Gasteiger partial charge < -0.3 is 15.4 Å². The molecular weight excluding hydrogens is 386 g/mol. The van der Waals surface area contributed by atoms with Gasteiger partial charge >= 0.3 is 12.0 Å². The SMILES string of the molecule is CC(OC(=O)c1ccc(CN2C(=O)CNC2=O)cc1)C(=O)NC(C)c1ccccc1. The van der Waals surface area contributed by atoms with Crippen LogP contribution in [0.4, 0.5) is 4.79 Å². The minimum atomic E-state index is -0.964. The molecular formula is C22H23N3O5. The highest BCUT2D eigenvalue weighted by Gasteiger charge is 2.28. The maximum atomic E-state index is 12.3. The number of benzene rings is 2. The Labute approximate surface area is 174 Å². The molecule has 0 radical (unpaired) electrons. The summed E-state index contributed by atoms with van der Waals surface area (Å²) in [6, 6.07) is 15.2. The summed E-state index contributed by atoms with van der Waals surface area (Å²) in [7, 11) is 0. The molecule has 0 spiro atoms. The van der Waals surface area contributed by atoms with E-state index in [1.54, 1.807) is 12.1 Å². The van der Waals surface area contributed by atoms with E-state index in [9.17, 15) is 19.2 Å². The average Bonchev–Trinajstić information content (AvgIpc) is 3.06. The smallest absolute Gasteiger partial charge is 0.338 e. The van der Waals surface area contributed by atoms with Gasteiger partial charge in [0, 0.05) is 0 Å². The molecule has 0 aromatic heterocycles. The topological polar surface area (TPSA) is 105 Å². The van der Waals surface area contributed by atoms with E-state index in [-0.39, 0.29) is 30.6 Å². The van der Waals surface area contributed by atoms with Gasteiger partial charge in [0.05, 0.1) is 24.7 Å². The Balaban J connectivity index is 1.54. The first-order chi connectivity index (χ1) is 14.3. The molecule has 2 unspecified atom stereocenters. The van der Waals surface area contributed by atoms with E-state index in [2.05, 4.69) is 10.6 Å². The number of nitrogens with zero attached hydrogens (tertiary/aromatic N) is 1. The Hall–Kier alpha value is -3.68. The standard InChI is InChI=1S/C22H23N3O5/c1-14(17-6-4-3-5-7-17)24-20(27)15(2)30-21(28)18-10-8-16(9-11-18)13-25-19(26)12-23-22(25)29/h3-11,14-15H,12-13H2,1-2H3,(H,23,29)(H,24,27). The summed E-state index contributed by atoms with van der Waals surface area (Å²) in [4.78, 5) is 49.0. The number of carbonyl (C=O) groups is 4. The number of esters is 1. The summed E-state index contributed by atoms with van der Waals surface area (Å²) in [6.07, 6.45) is -0.964. The molecule has 8 nitrogen and oxygen atoms in total. The minimum absolute atomic E-state index is 0.00785. The van der Waals surface area contributed by atoms with Crippen molar-refractivity contribution in [1.29, 1.82) is 0 Å². The van der Waals surface area contributed by atoms with Crippen LogP contribution >= 0.6 is 0 Å². The summed E-state index contributed by atoms with van der Waals surface area (Å²) in [5, 5.41) is 5.27.